The lowest BCUT2D eigenvalue weighted by Gasteiger charge is -2.36. The van der Waals surface area contributed by atoms with Crippen molar-refractivity contribution in [3.8, 4) is 0 Å². The molecule has 1 aromatic heterocycles. The Bertz CT molecular complexity index is 961. The van der Waals surface area contributed by atoms with E-state index in [1.165, 1.54) is 12.1 Å². The lowest BCUT2D eigenvalue weighted by Crippen LogP contribution is -2.41. The highest BCUT2D eigenvalue weighted by molar-refractivity contribution is 5.79. The molecule has 7 nitrogen and oxygen atoms in total. The van der Waals surface area contributed by atoms with Crippen molar-refractivity contribution in [1.29, 1.82) is 0 Å². The van der Waals surface area contributed by atoms with Crippen molar-refractivity contribution >= 4 is 17.6 Å². The van der Waals surface area contributed by atoms with Crippen LogP contribution in [0.2, 0.25) is 0 Å². The van der Waals surface area contributed by atoms with E-state index >= 15 is 0 Å². The summed E-state index contributed by atoms with van der Waals surface area (Å²) in [6.07, 6.45) is 3.68. The van der Waals surface area contributed by atoms with Gasteiger partial charge in [-0.3, -0.25) is 9.59 Å². The molecule has 2 aliphatic rings. The highest BCUT2D eigenvalue weighted by Crippen LogP contribution is 2.32. The Balaban J connectivity index is 1.60. The van der Waals surface area contributed by atoms with Crippen molar-refractivity contribution < 1.29 is 14.0 Å². The number of hydrogen-bond donors (Lipinski definition) is 1. The number of nitrogens with one attached hydrogen (secondary N) is 1. The highest BCUT2D eigenvalue weighted by atomic mass is 19.1. The van der Waals surface area contributed by atoms with Crippen LogP contribution in [-0.2, 0) is 29.0 Å². The van der Waals surface area contributed by atoms with E-state index in [1.807, 2.05) is 11.9 Å². The van der Waals surface area contributed by atoms with Gasteiger partial charge in [0.15, 0.2) is 5.82 Å². The minimum absolute atomic E-state index is 0.00592. The van der Waals surface area contributed by atoms with Gasteiger partial charge in [-0.05, 0) is 37.0 Å². The molecule has 164 valence electrons. The second-order valence-corrected chi connectivity index (χ2v) is 8.20. The van der Waals surface area contributed by atoms with E-state index in [9.17, 15) is 14.0 Å². The van der Waals surface area contributed by atoms with Crippen LogP contribution in [0, 0.1) is 5.82 Å². The standard InChI is InChI=1S/C23H28FN5O2/c1-15(30)28-12-10-19-18(14-28)22(25-2)27-23(26-19)20-5-3-4-11-29(20)21(31)13-16-6-8-17(24)9-7-16/h6-9,20H,3-5,10-14H2,1-2H3,(H,25,26,27)/t20-/m1/s1. The zero-order chi connectivity index (χ0) is 22.0. The molecule has 2 amide bonds. The summed E-state index contributed by atoms with van der Waals surface area (Å²) in [5.41, 5.74) is 2.69. The molecule has 4 rings (SSSR count). The van der Waals surface area contributed by atoms with Crippen molar-refractivity contribution in [2.75, 3.05) is 25.5 Å². The van der Waals surface area contributed by atoms with E-state index in [4.69, 9.17) is 9.97 Å². The smallest absolute Gasteiger partial charge is 0.227 e. The summed E-state index contributed by atoms with van der Waals surface area (Å²) >= 11 is 0. The number of carbonyl (C=O) groups is 2. The van der Waals surface area contributed by atoms with E-state index in [0.717, 1.165) is 41.9 Å². The number of aromatic nitrogens is 2. The lowest BCUT2D eigenvalue weighted by molar-refractivity contribution is -0.134. The number of halogens is 1. The normalized spacial score (nSPS) is 18.5. The van der Waals surface area contributed by atoms with Crippen LogP contribution in [0.15, 0.2) is 24.3 Å². The summed E-state index contributed by atoms with van der Waals surface area (Å²) in [5.74, 6) is 1.12. The number of amides is 2. The number of anilines is 1. The number of likely N-dealkylation sites (tertiary alicyclic amines) is 1. The minimum Gasteiger partial charge on any atom is -0.373 e. The maximum atomic E-state index is 13.2. The maximum Gasteiger partial charge on any atom is 0.227 e. The molecule has 2 aromatic rings. The van der Waals surface area contributed by atoms with Gasteiger partial charge in [0, 0.05) is 39.0 Å². The fourth-order valence-electron chi connectivity index (χ4n) is 4.43. The molecular formula is C23H28FN5O2. The molecule has 3 heterocycles. The molecule has 0 spiro atoms. The van der Waals surface area contributed by atoms with Crippen molar-refractivity contribution in [1.82, 2.24) is 19.8 Å². The summed E-state index contributed by atoms with van der Waals surface area (Å²) in [4.78, 5) is 38.2. The predicted molar refractivity (Wildman–Crippen MR) is 115 cm³/mol. The first-order valence-corrected chi connectivity index (χ1v) is 10.8. The molecule has 31 heavy (non-hydrogen) atoms. The molecule has 1 aromatic carbocycles. The Labute approximate surface area is 181 Å². The van der Waals surface area contributed by atoms with Gasteiger partial charge in [0.1, 0.15) is 11.6 Å². The van der Waals surface area contributed by atoms with Crippen LogP contribution in [0.3, 0.4) is 0 Å². The van der Waals surface area contributed by atoms with E-state index in [1.54, 1.807) is 24.0 Å². The average molecular weight is 426 g/mol. The summed E-state index contributed by atoms with van der Waals surface area (Å²) in [5, 5.41) is 3.16. The largest absolute Gasteiger partial charge is 0.373 e. The molecule has 1 saturated heterocycles. The van der Waals surface area contributed by atoms with Crippen molar-refractivity contribution in [3.05, 3.63) is 52.7 Å². The predicted octanol–water partition coefficient (Wildman–Crippen LogP) is 2.86. The van der Waals surface area contributed by atoms with Crippen LogP contribution in [0.5, 0.6) is 0 Å². The molecule has 2 aliphatic heterocycles. The third-order valence-corrected chi connectivity index (χ3v) is 6.15. The summed E-state index contributed by atoms with van der Waals surface area (Å²) < 4.78 is 13.2. The fourth-order valence-corrected chi connectivity index (χ4v) is 4.43. The van der Waals surface area contributed by atoms with E-state index in [2.05, 4.69) is 5.32 Å². The Morgan fingerprint density at radius 3 is 2.65 bits per heavy atom. The SMILES string of the molecule is CNc1nc([C@H]2CCCCN2C(=O)Cc2ccc(F)cc2)nc2c1CN(C(C)=O)CC2. The van der Waals surface area contributed by atoms with Crippen molar-refractivity contribution in [2.45, 2.75) is 51.6 Å². The van der Waals surface area contributed by atoms with Crippen LogP contribution in [-0.4, -0.2) is 51.7 Å². The minimum atomic E-state index is -0.308. The van der Waals surface area contributed by atoms with Crippen LogP contribution in [0.4, 0.5) is 10.2 Å². The number of rotatable bonds is 4. The number of fused-ring (bicyclic) bond motifs is 1. The number of hydrogen-bond acceptors (Lipinski definition) is 5. The average Bonchev–Trinajstić information content (AvgIpc) is 2.79. The van der Waals surface area contributed by atoms with Gasteiger partial charge in [-0.15, -0.1) is 0 Å². The lowest BCUT2D eigenvalue weighted by atomic mass is 9.99. The molecule has 1 atom stereocenters. The summed E-state index contributed by atoms with van der Waals surface area (Å²) in [7, 11) is 1.82. The van der Waals surface area contributed by atoms with Crippen molar-refractivity contribution in [3.63, 3.8) is 0 Å². The molecule has 0 aliphatic carbocycles. The molecular weight excluding hydrogens is 397 g/mol. The van der Waals surface area contributed by atoms with Gasteiger partial charge in [-0.1, -0.05) is 12.1 Å². The topological polar surface area (TPSA) is 78.4 Å². The summed E-state index contributed by atoms with van der Waals surface area (Å²) in [6, 6.07) is 5.90. The fraction of sp³-hybridized carbons (Fsp3) is 0.478. The van der Waals surface area contributed by atoms with Crippen LogP contribution < -0.4 is 5.32 Å². The van der Waals surface area contributed by atoms with E-state index < -0.39 is 0 Å². The van der Waals surface area contributed by atoms with Crippen LogP contribution in [0.1, 0.15) is 54.9 Å². The first-order chi connectivity index (χ1) is 15.0. The number of piperidine rings is 1. The highest BCUT2D eigenvalue weighted by Gasteiger charge is 2.32. The Kier molecular flexibility index (Phi) is 6.15. The van der Waals surface area contributed by atoms with Gasteiger partial charge in [-0.2, -0.15) is 0 Å². The Morgan fingerprint density at radius 2 is 1.94 bits per heavy atom. The first-order valence-electron chi connectivity index (χ1n) is 10.8. The first kappa shape index (κ1) is 21.2. The molecule has 0 saturated carbocycles. The quantitative estimate of drug-likeness (QED) is 0.815. The molecule has 1 N–H and O–H groups in total. The summed E-state index contributed by atoms with van der Waals surface area (Å²) in [6.45, 7) is 3.38. The number of carbonyl (C=O) groups excluding carboxylic acids is 2. The van der Waals surface area contributed by atoms with Crippen LogP contribution >= 0.6 is 0 Å². The molecule has 8 heteroatoms. The zero-order valence-electron chi connectivity index (χ0n) is 18.0. The third-order valence-electron chi connectivity index (χ3n) is 6.15. The molecule has 1 fully saturated rings. The van der Waals surface area contributed by atoms with Gasteiger partial charge in [0.25, 0.3) is 0 Å². The van der Waals surface area contributed by atoms with Gasteiger partial charge in [0.2, 0.25) is 11.8 Å². The molecule has 0 unspecified atom stereocenters. The van der Waals surface area contributed by atoms with E-state index in [0.29, 0.717) is 31.9 Å². The zero-order valence-corrected chi connectivity index (χ0v) is 18.0. The monoisotopic (exact) mass is 425 g/mol. The van der Waals surface area contributed by atoms with Gasteiger partial charge >= 0.3 is 0 Å². The Hall–Kier alpha value is -3.03. The second-order valence-electron chi connectivity index (χ2n) is 8.20. The van der Waals surface area contributed by atoms with Gasteiger partial charge < -0.3 is 15.1 Å². The number of nitrogens with zero attached hydrogens (tertiary/aromatic N) is 4. The maximum absolute atomic E-state index is 13.2. The van der Waals surface area contributed by atoms with Gasteiger partial charge in [0.05, 0.1) is 24.7 Å². The molecule has 0 bridgehead atoms. The van der Waals surface area contributed by atoms with E-state index in [-0.39, 0.29) is 30.1 Å². The third kappa shape index (κ3) is 4.52. The Morgan fingerprint density at radius 1 is 1.16 bits per heavy atom. The van der Waals surface area contributed by atoms with Crippen LogP contribution in [0.25, 0.3) is 0 Å². The second kappa shape index (κ2) is 8.99. The molecule has 0 radical (unpaired) electrons. The number of benzene rings is 1. The van der Waals surface area contributed by atoms with Crippen molar-refractivity contribution in [2.24, 2.45) is 0 Å². The van der Waals surface area contributed by atoms with Gasteiger partial charge in [-0.25, -0.2) is 14.4 Å².